The molecule has 2 aromatic carbocycles. The Morgan fingerprint density at radius 3 is 2.50 bits per heavy atom. The summed E-state index contributed by atoms with van der Waals surface area (Å²) in [4.78, 5) is 28.7. The number of para-hydroxylation sites is 1. The molecule has 0 unspecified atom stereocenters. The highest BCUT2D eigenvalue weighted by Crippen LogP contribution is 2.38. The third-order valence-corrected chi connectivity index (χ3v) is 7.48. The summed E-state index contributed by atoms with van der Waals surface area (Å²) in [5, 5.41) is 14.4. The summed E-state index contributed by atoms with van der Waals surface area (Å²) in [5.74, 6) is -0.855. The van der Waals surface area contributed by atoms with Gasteiger partial charge in [-0.1, -0.05) is 61.5 Å². The van der Waals surface area contributed by atoms with Crippen LogP contribution in [0.1, 0.15) is 74.0 Å². The maximum Gasteiger partial charge on any atom is 0.331 e. The molecule has 0 aliphatic heterocycles. The van der Waals surface area contributed by atoms with Crippen molar-refractivity contribution in [2.45, 2.75) is 52.6 Å². The number of carbonyl (C=O) groups excluding carboxylic acids is 1. The maximum absolute atomic E-state index is 12.9. The molecule has 0 radical (unpaired) electrons. The summed E-state index contributed by atoms with van der Waals surface area (Å²) < 4.78 is 11.8. The molecule has 216 valence electrons. The van der Waals surface area contributed by atoms with E-state index in [2.05, 4.69) is 17.2 Å². The number of nitrogens with zero attached hydrogens (tertiary/aromatic N) is 1. The fraction of sp³-hybridized carbons (Fsp3) is 0.345. The highest BCUT2D eigenvalue weighted by atomic mass is 35.5. The van der Waals surface area contributed by atoms with E-state index < -0.39 is 11.9 Å². The maximum atomic E-state index is 12.9. The predicted octanol–water partition coefficient (Wildman–Crippen LogP) is 8.64. The Morgan fingerprint density at radius 1 is 1.18 bits per heavy atom. The second-order valence-corrected chi connectivity index (χ2v) is 10.7. The second-order valence-electron chi connectivity index (χ2n) is 8.98. The van der Waals surface area contributed by atoms with Crippen molar-refractivity contribution in [3.05, 3.63) is 68.0 Å². The molecular formula is C29H34Cl2N2O5S2. The molecule has 3 aromatic rings. The van der Waals surface area contributed by atoms with E-state index in [0.717, 1.165) is 24.0 Å². The number of amides is 1. The number of carboxylic acid groups (broad SMARTS) is 1. The third kappa shape index (κ3) is 8.72. The number of methoxy groups -OCH3 is 1. The van der Waals surface area contributed by atoms with Gasteiger partial charge in [0.05, 0.1) is 29.0 Å². The van der Waals surface area contributed by atoms with Gasteiger partial charge in [-0.2, -0.15) is 13.5 Å². The lowest BCUT2D eigenvalue weighted by molar-refractivity contribution is -0.132. The molecule has 0 aliphatic rings. The molecule has 40 heavy (non-hydrogen) atoms. The van der Waals surface area contributed by atoms with Crippen molar-refractivity contribution in [2.75, 3.05) is 19.0 Å². The number of aliphatic carboxylic acids is 1. The number of anilines is 1. The minimum atomic E-state index is -1.09. The zero-order valence-corrected chi connectivity index (χ0v) is 26.2. The number of rotatable bonds is 13. The Labute approximate surface area is 256 Å². The van der Waals surface area contributed by atoms with Gasteiger partial charge >= 0.3 is 5.97 Å². The van der Waals surface area contributed by atoms with Crippen molar-refractivity contribution in [3.8, 4) is 17.0 Å². The summed E-state index contributed by atoms with van der Waals surface area (Å²) >= 11 is 13.9. The van der Waals surface area contributed by atoms with E-state index in [-0.39, 0.29) is 40.8 Å². The molecule has 0 saturated heterocycles. The van der Waals surface area contributed by atoms with Crippen molar-refractivity contribution in [3.63, 3.8) is 0 Å². The first kappa shape index (κ1) is 33.6. The van der Waals surface area contributed by atoms with Crippen molar-refractivity contribution in [1.82, 2.24) is 4.98 Å². The van der Waals surface area contributed by atoms with Crippen molar-refractivity contribution < 1.29 is 24.2 Å². The van der Waals surface area contributed by atoms with Crippen LogP contribution in [0.2, 0.25) is 10.0 Å². The normalized spacial score (nSPS) is 12.0. The second kappa shape index (κ2) is 16.0. The lowest BCUT2D eigenvalue weighted by Crippen LogP contribution is -2.12. The SMILES string of the molecule is CCCCCCO[C@@H](C)c1cccc(-c2csc(NC(=O)c3cc(Cl)c(/C=C(\C)C(=O)O)c(Cl)c3)n2)c1OC.S. The Bertz CT molecular complexity index is 1340. The van der Waals surface area contributed by atoms with E-state index in [0.29, 0.717) is 28.7 Å². The van der Waals surface area contributed by atoms with Crippen LogP contribution in [0.25, 0.3) is 17.3 Å². The molecule has 3 rings (SSSR count). The van der Waals surface area contributed by atoms with Crippen LogP contribution in [-0.4, -0.2) is 35.7 Å². The van der Waals surface area contributed by atoms with Gasteiger partial charge in [-0.25, -0.2) is 9.78 Å². The van der Waals surface area contributed by atoms with Crippen LogP contribution in [0.5, 0.6) is 5.75 Å². The van der Waals surface area contributed by atoms with E-state index in [1.165, 1.54) is 49.3 Å². The molecule has 0 spiro atoms. The predicted molar refractivity (Wildman–Crippen MR) is 169 cm³/mol. The standard InChI is InChI=1S/C29H32Cl2N2O5S.H2S/c1-5-6-7-8-12-38-18(3)20-10-9-11-21(26(20)37-4)25-16-39-29(32-25)33-27(34)19-14-23(30)22(24(31)15-19)13-17(2)28(35)36;/h9-11,13-16,18H,5-8,12H2,1-4H3,(H,35,36)(H,32,33,34);1H2/b17-13+;/t18-;/m0./s1. The summed E-state index contributed by atoms with van der Waals surface area (Å²) in [6.45, 7) is 6.31. The number of aromatic nitrogens is 1. The lowest BCUT2D eigenvalue weighted by Gasteiger charge is -2.18. The van der Waals surface area contributed by atoms with Crippen LogP contribution < -0.4 is 10.1 Å². The summed E-state index contributed by atoms with van der Waals surface area (Å²) in [7, 11) is 1.62. The number of unbranched alkanes of at least 4 members (excludes halogenated alkanes) is 3. The number of benzene rings is 2. The fourth-order valence-corrected chi connectivity index (χ4v) is 5.24. The lowest BCUT2D eigenvalue weighted by atomic mass is 10.0. The van der Waals surface area contributed by atoms with Gasteiger partial charge in [0.15, 0.2) is 5.13 Å². The van der Waals surface area contributed by atoms with Gasteiger partial charge in [-0.3, -0.25) is 10.1 Å². The van der Waals surface area contributed by atoms with E-state index in [9.17, 15) is 9.59 Å². The summed E-state index contributed by atoms with van der Waals surface area (Å²) in [6.07, 6.45) is 5.77. The highest BCUT2D eigenvalue weighted by Gasteiger charge is 2.19. The quantitative estimate of drug-likeness (QED) is 0.146. The molecule has 1 amide bonds. The van der Waals surface area contributed by atoms with Crippen LogP contribution >= 0.6 is 48.0 Å². The van der Waals surface area contributed by atoms with Crippen molar-refractivity contribution >= 4 is 71.1 Å². The number of carboxylic acids is 1. The van der Waals surface area contributed by atoms with Gasteiger partial charge in [0.1, 0.15) is 5.75 Å². The average Bonchev–Trinajstić information content (AvgIpc) is 3.37. The molecule has 0 saturated carbocycles. The van der Waals surface area contributed by atoms with E-state index in [1.807, 2.05) is 30.5 Å². The molecular weight excluding hydrogens is 591 g/mol. The van der Waals surface area contributed by atoms with E-state index >= 15 is 0 Å². The largest absolute Gasteiger partial charge is 0.496 e. The van der Waals surface area contributed by atoms with Crippen LogP contribution in [0.3, 0.4) is 0 Å². The molecule has 0 fully saturated rings. The average molecular weight is 626 g/mol. The van der Waals surface area contributed by atoms with Gasteiger partial charge in [0.2, 0.25) is 0 Å². The van der Waals surface area contributed by atoms with Gasteiger partial charge < -0.3 is 14.6 Å². The van der Waals surface area contributed by atoms with Crippen LogP contribution in [0.15, 0.2) is 41.3 Å². The van der Waals surface area contributed by atoms with Gasteiger partial charge in [0, 0.05) is 39.8 Å². The highest BCUT2D eigenvalue weighted by molar-refractivity contribution is 7.59. The first-order chi connectivity index (χ1) is 18.7. The summed E-state index contributed by atoms with van der Waals surface area (Å²) in [6, 6.07) is 8.72. The van der Waals surface area contributed by atoms with Crippen LogP contribution in [0, 0.1) is 0 Å². The fourth-order valence-electron chi connectivity index (χ4n) is 3.94. The van der Waals surface area contributed by atoms with Crippen molar-refractivity contribution in [2.24, 2.45) is 0 Å². The van der Waals surface area contributed by atoms with Gasteiger partial charge in [-0.15, -0.1) is 11.3 Å². The van der Waals surface area contributed by atoms with E-state index in [4.69, 9.17) is 37.8 Å². The molecule has 0 aliphatic carbocycles. The van der Waals surface area contributed by atoms with Crippen LogP contribution in [-0.2, 0) is 9.53 Å². The molecule has 1 aromatic heterocycles. The Hall–Kier alpha value is -2.56. The number of hydrogen-bond acceptors (Lipinski definition) is 6. The molecule has 0 bridgehead atoms. The molecule has 1 atom stereocenters. The van der Waals surface area contributed by atoms with E-state index in [1.54, 1.807) is 7.11 Å². The Balaban J connectivity index is 0.00000560. The first-order valence-electron chi connectivity index (χ1n) is 12.6. The molecule has 11 heteroatoms. The number of carbonyl (C=O) groups is 2. The number of thiazole rings is 1. The van der Waals surface area contributed by atoms with Gasteiger partial charge in [0.25, 0.3) is 5.91 Å². The van der Waals surface area contributed by atoms with Gasteiger partial charge in [-0.05, 0) is 44.5 Å². The van der Waals surface area contributed by atoms with Crippen molar-refractivity contribution in [1.29, 1.82) is 0 Å². The Kier molecular flexibility index (Phi) is 13.5. The monoisotopic (exact) mass is 624 g/mol. The number of nitrogens with one attached hydrogen (secondary N) is 1. The smallest absolute Gasteiger partial charge is 0.331 e. The first-order valence-corrected chi connectivity index (χ1v) is 14.3. The Morgan fingerprint density at radius 2 is 1.88 bits per heavy atom. The zero-order chi connectivity index (χ0) is 28.5. The number of hydrogen-bond donors (Lipinski definition) is 2. The third-order valence-electron chi connectivity index (χ3n) is 6.09. The zero-order valence-electron chi connectivity index (χ0n) is 22.8. The minimum absolute atomic E-state index is 0. The number of ether oxygens (including phenoxy) is 2. The molecule has 7 nitrogen and oxygen atoms in total. The van der Waals surface area contributed by atoms with Crippen LogP contribution in [0.4, 0.5) is 5.13 Å². The molecule has 2 N–H and O–H groups in total. The number of halogens is 2. The topological polar surface area (TPSA) is 97.8 Å². The molecule has 1 heterocycles. The minimum Gasteiger partial charge on any atom is -0.496 e. The summed E-state index contributed by atoms with van der Waals surface area (Å²) in [5.41, 5.74) is 3.00.